The number of amides is 1. The molecule has 0 heterocycles. The van der Waals surface area contributed by atoms with Crippen LogP contribution in [0.15, 0.2) is 30.3 Å². The van der Waals surface area contributed by atoms with E-state index in [-0.39, 0.29) is 23.8 Å². The minimum atomic E-state index is -0.824. The lowest BCUT2D eigenvalue weighted by Gasteiger charge is -2.39. The van der Waals surface area contributed by atoms with Crippen LogP contribution in [0.3, 0.4) is 0 Å². The summed E-state index contributed by atoms with van der Waals surface area (Å²) in [6.45, 7) is 2.07. The van der Waals surface area contributed by atoms with Crippen LogP contribution < -0.4 is 5.32 Å². The van der Waals surface area contributed by atoms with E-state index in [4.69, 9.17) is 0 Å². The van der Waals surface area contributed by atoms with E-state index in [9.17, 15) is 14.7 Å². The van der Waals surface area contributed by atoms with Crippen molar-refractivity contribution in [3.63, 3.8) is 0 Å². The summed E-state index contributed by atoms with van der Waals surface area (Å²) in [6.07, 6.45) is 6.75. The number of hydrogen-bond donors (Lipinski definition) is 2. The van der Waals surface area contributed by atoms with E-state index < -0.39 is 11.4 Å². The van der Waals surface area contributed by atoms with Gasteiger partial charge in [-0.25, -0.2) is 0 Å². The van der Waals surface area contributed by atoms with E-state index in [1.807, 2.05) is 6.07 Å². The highest BCUT2D eigenvalue weighted by atomic mass is 16.4. The summed E-state index contributed by atoms with van der Waals surface area (Å²) in [5, 5.41) is 12.6. The largest absolute Gasteiger partial charge is 0.481 e. The lowest BCUT2D eigenvalue weighted by Crippen LogP contribution is -2.50. The van der Waals surface area contributed by atoms with Crippen LogP contribution in [0.4, 0.5) is 0 Å². The summed E-state index contributed by atoms with van der Waals surface area (Å²) < 4.78 is 0. The Balaban J connectivity index is 1.71. The molecule has 2 fully saturated rings. The van der Waals surface area contributed by atoms with Crippen molar-refractivity contribution in [2.24, 2.45) is 5.41 Å². The smallest absolute Gasteiger partial charge is 0.310 e. The second-order valence-electron chi connectivity index (χ2n) is 7.63. The Morgan fingerprint density at radius 2 is 1.71 bits per heavy atom. The van der Waals surface area contributed by atoms with Gasteiger partial charge in [-0.3, -0.25) is 9.59 Å². The molecule has 4 nitrogen and oxygen atoms in total. The predicted octanol–water partition coefficient (Wildman–Crippen LogP) is 3.65. The SMILES string of the molecule is CC(NC(=O)CC1(C(=O)O)CCC1)C1(c2ccccc2)CCCC1. The number of benzene rings is 1. The topological polar surface area (TPSA) is 66.4 Å². The maximum absolute atomic E-state index is 12.5. The Labute approximate surface area is 143 Å². The van der Waals surface area contributed by atoms with E-state index in [1.54, 1.807) is 0 Å². The summed E-state index contributed by atoms with van der Waals surface area (Å²) in [5.41, 5.74) is 0.443. The van der Waals surface area contributed by atoms with Crippen molar-refractivity contribution in [2.45, 2.75) is 69.7 Å². The third-order valence-electron chi connectivity index (χ3n) is 6.31. The molecule has 4 heteroatoms. The number of carboxylic acid groups (broad SMARTS) is 1. The summed E-state index contributed by atoms with van der Waals surface area (Å²) in [7, 11) is 0. The summed E-state index contributed by atoms with van der Waals surface area (Å²) >= 11 is 0. The minimum Gasteiger partial charge on any atom is -0.481 e. The third kappa shape index (κ3) is 2.94. The molecule has 2 aliphatic rings. The molecule has 1 unspecified atom stereocenters. The van der Waals surface area contributed by atoms with Crippen LogP contribution in [0.25, 0.3) is 0 Å². The van der Waals surface area contributed by atoms with Gasteiger partial charge in [0.05, 0.1) is 5.41 Å². The maximum Gasteiger partial charge on any atom is 0.310 e. The van der Waals surface area contributed by atoms with Crippen LogP contribution in [-0.4, -0.2) is 23.0 Å². The highest BCUT2D eigenvalue weighted by Crippen LogP contribution is 2.46. The molecular formula is C20H27NO3. The zero-order valence-electron chi connectivity index (χ0n) is 14.4. The standard InChI is InChI=1S/C20H27NO3/c1-15(21-17(22)14-19(18(23)24)10-7-11-19)20(12-5-6-13-20)16-8-3-2-4-9-16/h2-4,8-9,15H,5-7,10-14H2,1H3,(H,21,22)(H,23,24). The van der Waals surface area contributed by atoms with Gasteiger partial charge in [0.15, 0.2) is 0 Å². The first-order chi connectivity index (χ1) is 11.5. The highest BCUT2D eigenvalue weighted by molar-refractivity contribution is 5.85. The van der Waals surface area contributed by atoms with Crippen molar-refractivity contribution in [3.05, 3.63) is 35.9 Å². The molecule has 2 N–H and O–H groups in total. The molecule has 0 spiro atoms. The Hall–Kier alpha value is -1.84. The number of rotatable bonds is 6. The minimum absolute atomic E-state index is 0.0146. The van der Waals surface area contributed by atoms with Gasteiger partial charge in [0, 0.05) is 17.9 Å². The van der Waals surface area contributed by atoms with Crippen molar-refractivity contribution < 1.29 is 14.7 Å². The molecule has 2 aliphatic carbocycles. The predicted molar refractivity (Wildman–Crippen MR) is 92.7 cm³/mol. The Kier molecular flexibility index (Phi) is 4.66. The highest BCUT2D eigenvalue weighted by Gasteiger charge is 2.47. The molecule has 24 heavy (non-hydrogen) atoms. The monoisotopic (exact) mass is 329 g/mol. The molecule has 1 atom stereocenters. The van der Waals surface area contributed by atoms with Crippen LogP contribution in [-0.2, 0) is 15.0 Å². The number of aliphatic carboxylic acids is 1. The molecule has 0 aliphatic heterocycles. The second-order valence-corrected chi connectivity index (χ2v) is 7.63. The number of carbonyl (C=O) groups is 2. The number of carboxylic acids is 1. The van der Waals surface area contributed by atoms with Crippen molar-refractivity contribution >= 4 is 11.9 Å². The zero-order chi connectivity index (χ0) is 17.2. The molecular weight excluding hydrogens is 302 g/mol. The molecule has 3 rings (SSSR count). The Bertz CT molecular complexity index is 601. The van der Waals surface area contributed by atoms with E-state index in [0.717, 1.165) is 19.3 Å². The fraction of sp³-hybridized carbons (Fsp3) is 0.600. The number of nitrogens with one attached hydrogen (secondary N) is 1. The van der Waals surface area contributed by atoms with Crippen LogP contribution in [0, 0.1) is 5.41 Å². The van der Waals surface area contributed by atoms with Gasteiger partial charge >= 0.3 is 5.97 Å². The van der Waals surface area contributed by atoms with Crippen molar-refractivity contribution in [2.75, 3.05) is 0 Å². The Morgan fingerprint density at radius 1 is 1.08 bits per heavy atom. The van der Waals surface area contributed by atoms with Gasteiger partial charge in [0.25, 0.3) is 0 Å². The number of carbonyl (C=O) groups excluding carboxylic acids is 1. The fourth-order valence-corrected chi connectivity index (χ4v) is 4.56. The van der Waals surface area contributed by atoms with Crippen molar-refractivity contribution in [1.29, 1.82) is 0 Å². The van der Waals surface area contributed by atoms with Crippen LogP contribution in [0.5, 0.6) is 0 Å². The van der Waals surface area contributed by atoms with E-state index >= 15 is 0 Å². The van der Waals surface area contributed by atoms with Gasteiger partial charge < -0.3 is 10.4 Å². The average molecular weight is 329 g/mol. The second kappa shape index (κ2) is 6.58. The first-order valence-corrected chi connectivity index (χ1v) is 9.07. The summed E-state index contributed by atoms with van der Waals surface area (Å²) in [4.78, 5) is 24.0. The average Bonchev–Trinajstić information content (AvgIpc) is 3.02. The lowest BCUT2D eigenvalue weighted by molar-refractivity contribution is -0.157. The van der Waals surface area contributed by atoms with E-state index in [2.05, 4.69) is 36.5 Å². The van der Waals surface area contributed by atoms with Gasteiger partial charge in [-0.2, -0.15) is 0 Å². The maximum atomic E-state index is 12.5. The van der Waals surface area contributed by atoms with Gasteiger partial charge in [-0.1, -0.05) is 49.6 Å². The van der Waals surface area contributed by atoms with Crippen LogP contribution in [0.1, 0.15) is 63.9 Å². The van der Waals surface area contributed by atoms with Gasteiger partial charge in [0.1, 0.15) is 0 Å². The molecule has 1 amide bonds. The fourth-order valence-electron chi connectivity index (χ4n) is 4.56. The molecule has 0 aromatic heterocycles. The normalized spacial score (nSPS) is 22.4. The van der Waals surface area contributed by atoms with Gasteiger partial charge in [0.2, 0.25) is 5.91 Å². The molecule has 0 radical (unpaired) electrons. The summed E-state index contributed by atoms with van der Waals surface area (Å²) in [5.74, 6) is -0.943. The first-order valence-electron chi connectivity index (χ1n) is 9.07. The molecule has 0 saturated heterocycles. The van der Waals surface area contributed by atoms with E-state index in [0.29, 0.717) is 12.8 Å². The molecule has 0 bridgehead atoms. The number of hydrogen-bond acceptors (Lipinski definition) is 2. The first kappa shape index (κ1) is 17.0. The van der Waals surface area contributed by atoms with Crippen LogP contribution in [0.2, 0.25) is 0 Å². The molecule has 130 valence electrons. The molecule has 2 saturated carbocycles. The van der Waals surface area contributed by atoms with E-state index in [1.165, 1.54) is 18.4 Å². The molecule has 1 aromatic carbocycles. The third-order valence-corrected chi connectivity index (χ3v) is 6.31. The van der Waals surface area contributed by atoms with Crippen molar-refractivity contribution in [3.8, 4) is 0 Å². The Morgan fingerprint density at radius 3 is 2.21 bits per heavy atom. The zero-order valence-corrected chi connectivity index (χ0v) is 14.4. The van der Waals surface area contributed by atoms with Gasteiger partial charge in [-0.15, -0.1) is 0 Å². The van der Waals surface area contributed by atoms with Crippen molar-refractivity contribution in [1.82, 2.24) is 5.32 Å². The quantitative estimate of drug-likeness (QED) is 0.837. The summed E-state index contributed by atoms with van der Waals surface area (Å²) in [6, 6.07) is 10.4. The molecule has 1 aromatic rings. The lowest BCUT2D eigenvalue weighted by atomic mass is 9.66. The van der Waals surface area contributed by atoms with Crippen LogP contribution >= 0.6 is 0 Å². The van der Waals surface area contributed by atoms with Gasteiger partial charge in [-0.05, 0) is 38.2 Å².